The number of aryl methyl sites for hydroxylation is 2. The van der Waals surface area contributed by atoms with Gasteiger partial charge in [0.05, 0.1) is 5.39 Å². The highest BCUT2D eigenvalue weighted by Crippen LogP contribution is 2.20. The maximum absolute atomic E-state index is 13.2. The molecule has 10 nitrogen and oxygen atoms in total. The van der Waals surface area contributed by atoms with Gasteiger partial charge in [0.1, 0.15) is 28.6 Å². The van der Waals surface area contributed by atoms with Crippen molar-refractivity contribution in [3.63, 3.8) is 0 Å². The Bertz CT molecular complexity index is 1610. The number of fused-ring (bicyclic) bond motifs is 1. The van der Waals surface area contributed by atoms with Crippen LogP contribution in [0.15, 0.2) is 59.5 Å². The molecule has 0 spiro atoms. The van der Waals surface area contributed by atoms with Crippen LogP contribution in [0.4, 0.5) is 5.95 Å². The molecule has 222 valence electrons. The van der Waals surface area contributed by atoms with Crippen LogP contribution in [0.5, 0.6) is 5.75 Å². The van der Waals surface area contributed by atoms with Gasteiger partial charge in [0, 0.05) is 18.2 Å². The largest absolute Gasteiger partial charge is 0.488 e. The van der Waals surface area contributed by atoms with Crippen molar-refractivity contribution in [2.24, 2.45) is 0 Å². The Morgan fingerprint density at radius 2 is 1.57 bits per heavy atom. The number of amides is 1. The second-order valence-electron chi connectivity index (χ2n) is 12.3. The summed E-state index contributed by atoms with van der Waals surface area (Å²) in [5, 5.41) is 3.35. The molecule has 1 atom stereocenters. The highest BCUT2D eigenvalue weighted by molar-refractivity contribution is 5.97. The summed E-state index contributed by atoms with van der Waals surface area (Å²) >= 11 is 0. The number of aromatic amines is 2. The van der Waals surface area contributed by atoms with E-state index >= 15 is 0 Å². The summed E-state index contributed by atoms with van der Waals surface area (Å²) in [4.78, 5) is 48.2. The average molecular weight is 574 g/mol. The highest BCUT2D eigenvalue weighted by atomic mass is 16.6. The normalized spacial score (nSPS) is 12.6. The first-order valence-corrected chi connectivity index (χ1v) is 13.9. The van der Waals surface area contributed by atoms with Crippen molar-refractivity contribution in [3.05, 3.63) is 87.3 Å². The van der Waals surface area contributed by atoms with E-state index < -0.39 is 17.6 Å². The smallest absolute Gasteiger partial charge is 0.329 e. The summed E-state index contributed by atoms with van der Waals surface area (Å²) in [6, 6.07) is 13.8. The lowest BCUT2D eigenvalue weighted by atomic mass is 10.0. The predicted octanol–water partition coefficient (Wildman–Crippen LogP) is 4.48. The molecule has 0 aliphatic heterocycles. The van der Waals surface area contributed by atoms with Crippen LogP contribution in [0.25, 0.3) is 11.0 Å². The van der Waals surface area contributed by atoms with Crippen molar-refractivity contribution >= 4 is 28.9 Å². The van der Waals surface area contributed by atoms with Crippen molar-refractivity contribution in [2.75, 3.05) is 5.73 Å². The molecule has 10 heteroatoms. The fourth-order valence-electron chi connectivity index (χ4n) is 4.51. The minimum Gasteiger partial charge on any atom is -0.488 e. The number of hydrogen-bond donors (Lipinski definition) is 4. The van der Waals surface area contributed by atoms with Crippen molar-refractivity contribution in [1.29, 1.82) is 0 Å². The number of esters is 1. The Morgan fingerprint density at radius 3 is 2.19 bits per heavy atom. The Kier molecular flexibility index (Phi) is 8.75. The van der Waals surface area contributed by atoms with E-state index in [0.29, 0.717) is 29.4 Å². The predicted molar refractivity (Wildman–Crippen MR) is 163 cm³/mol. The molecule has 0 fully saturated rings. The Morgan fingerprint density at radius 1 is 0.929 bits per heavy atom. The molecule has 0 saturated heterocycles. The van der Waals surface area contributed by atoms with Gasteiger partial charge in [0.15, 0.2) is 0 Å². The molecule has 1 unspecified atom stereocenters. The average Bonchev–Trinajstić information content (AvgIpc) is 3.29. The number of H-pyrrole nitrogens is 2. The molecule has 5 N–H and O–H groups in total. The third-order valence-corrected chi connectivity index (χ3v) is 6.32. The number of aromatic nitrogens is 3. The number of carbonyl (C=O) groups is 2. The van der Waals surface area contributed by atoms with Gasteiger partial charge in [-0.05, 0) is 95.3 Å². The van der Waals surface area contributed by atoms with Crippen LogP contribution in [0.2, 0.25) is 0 Å². The van der Waals surface area contributed by atoms with Crippen molar-refractivity contribution in [3.8, 4) is 5.75 Å². The standard InChI is InChI=1S/C32H39N5O5/c1-31(2,3)41-23-15-10-20(11-16-23)17-24(29(40)42-32(4,5)6)35-27(38)21-12-7-19(8-13-21)9-14-22-18-34-26-25(22)28(39)37-30(33)36-26/h7-8,10-13,15-16,18,24H,9,14,17H2,1-6H3,(H,35,38)(H4,33,34,36,37,39). The van der Waals surface area contributed by atoms with Gasteiger partial charge >= 0.3 is 5.97 Å². The molecule has 0 saturated carbocycles. The van der Waals surface area contributed by atoms with E-state index in [0.717, 1.165) is 22.4 Å². The van der Waals surface area contributed by atoms with Crippen molar-refractivity contribution in [2.45, 2.75) is 78.0 Å². The highest BCUT2D eigenvalue weighted by Gasteiger charge is 2.27. The van der Waals surface area contributed by atoms with Gasteiger partial charge < -0.3 is 25.5 Å². The number of ether oxygens (including phenoxy) is 2. The summed E-state index contributed by atoms with van der Waals surface area (Å²) < 4.78 is 11.5. The zero-order chi connectivity index (χ0) is 30.7. The minimum atomic E-state index is -0.881. The Labute approximate surface area is 245 Å². The lowest BCUT2D eigenvalue weighted by molar-refractivity contribution is -0.157. The number of benzene rings is 2. The number of hydrogen-bond acceptors (Lipinski definition) is 7. The van der Waals surface area contributed by atoms with E-state index in [1.54, 1.807) is 39.1 Å². The minimum absolute atomic E-state index is 0.0623. The molecular formula is C32H39N5O5. The summed E-state index contributed by atoms with van der Waals surface area (Å²) in [6.45, 7) is 11.3. The third-order valence-electron chi connectivity index (χ3n) is 6.32. The van der Waals surface area contributed by atoms with E-state index in [2.05, 4.69) is 20.3 Å². The molecule has 42 heavy (non-hydrogen) atoms. The van der Waals surface area contributed by atoms with Crippen LogP contribution >= 0.6 is 0 Å². The summed E-state index contributed by atoms with van der Waals surface area (Å²) in [5.41, 5.74) is 7.86. The number of carbonyl (C=O) groups excluding carboxylic acids is 2. The number of rotatable bonds is 9. The van der Waals surface area contributed by atoms with Gasteiger partial charge in [-0.3, -0.25) is 14.6 Å². The Hall–Kier alpha value is -4.60. The van der Waals surface area contributed by atoms with E-state index in [4.69, 9.17) is 15.2 Å². The number of nitrogens with zero attached hydrogens (tertiary/aromatic N) is 1. The Balaban J connectivity index is 1.43. The van der Waals surface area contributed by atoms with Crippen molar-refractivity contribution < 1.29 is 19.1 Å². The molecule has 4 aromatic rings. The SMILES string of the molecule is CC(C)(C)OC(=O)C(Cc1ccc(OC(C)(C)C)cc1)NC(=O)c1ccc(CCc2c[nH]c3nc(N)[nH]c(=O)c23)cc1. The van der Waals surface area contributed by atoms with Crippen LogP contribution in [0.3, 0.4) is 0 Å². The first kappa shape index (κ1) is 30.4. The maximum Gasteiger partial charge on any atom is 0.329 e. The summed E-state index contributed by atoms with van der Waals surface area (Å²) in [6.07, 6.45) is 3.27. The second kappa shape index (κ2) is 12.1. The lowest BCUT2D eigenvalue weighted by Crippen LogP contribution is -2.45. The molecule has 0 aliphatic carbocycles. The van der Waals surface area contributed by atoms with Gasteiger partial charge in [-0.2, -0.15) is 4.98 Å². The lowest BCUT2D eigenvalue weighted by Gasteiger charge is -2.25. The van der Waals surface area contributed by atoms with Gasteiger partial charge in [-0.15, -0.1) is 0 Å². The molecule has 0 radical (unpaired) electrons. The first-order chi connectivity index (χ1) is 19.7. The molecule has 2 aromatic heterocycles. The zero-order valence-corrected chi connectivity index (χ0v) is 25.0. The summed E-state index contributed by atoms with van der Waals surface area (Å²) in [5.74, 6) is -0.0984. The molecule has 2 aromatic carbocycles. The van der Waals surface area contributed by atoms with Crippen LogP contribution in [-0.4, -0.2) is 44.1 Å². The van der Waals surface area contributed by atoms with Crippen molar-refractivity contribution in [1.82, 2.24) is 20.3 Å². The van der Waals surface area contributed by atoms with Gasteiger partial charge in [-0.1, -0.05) is 24.3 Å². The van der Waals surface area contributed by atoms with E-state index in [1.807, 2.05) is 57.2 Å². The monoisotopic (exact) mass is 573 g/mol. The molecule has 0 aliphatic rings. The second-order valence-corrected chi connectivity index (χ2v) is 12.3. The van der Waals surface area contributed by atoms with Crippen LogP contribution < -0.4 is 21.3 Å². The fourth-order valence-corrected chi connectivity index (χ4v) is 4.51. The molecule has 2 heterocycles. The van der Waals surface area contributed by atoms with E-state index in [1.165, 1.54) is 0 Å². The molecule has 1 amide bonds. The van der Waals surface area contributed by atoms with Gasteiger partial charge in [-0.25, -0.2) is 4.79 Å². The zero-order valence-electron chi connectivity index (χ0n) is 25.0. The van der Waals surface area contributed by atoms with Crippen LogP contribution in [0.1, 0.15) is 68.6 Å². The summed E-state index contributed by atoms with van der Waals surface area (Å²) in [7, 11) is 0. The first-order valence-electron chi connectivity index (χ1n) is 13.9. The quantitative estimate of drug-likeness (QED) is 0.215. The van der Waals surface area contributed by atoms with Gasteiger partial charge in [0.2, 0.25) is 5.95 Å². The topological polar surface area (TPSA) is 152 Å². The van der Waals surface area contributed by atoms with Gasteiger partial charge in [0.25, 0.3) is 11.5 Å². The molecule has 0 bridgehead atoms. The molecular weight excluding hydrogens is 534 g/mol. The maximum atomic E-state index is 13.2. The molecule has 4 rings (SSSR count). The van der Waals surface area contributed by atoms with Crippen LogP contribution in [-0.2, 0) is 28.8 Å². The number of nitrogens with one attached hydrogen (secondary N) is 3. The number of nitrogen functional groups attached to an aromatic ring is 1. The number of anilines is 1. The van der Waals surface area contributed by atoms with E-state index in [9.17, 15) is 14.4 Å². The van der Waals surface area contributed by atoms with E-state index in [-0.39, 0.29) is 29.4 Å². The third kappa shape index (κ3) is 8.22. The van der Waals surface area contributed by atoms with Crippen LogP contribution in [0, 0.1) is 0 Å². The number of nitrogens with two attached hydrogens (primary N) is 1. The fraction of sp³-hybridized carbons (Fsp3) is 0.375.